The number of sulfonamides is 1. The van der Waals surface area contributed by atoms with Crippen LogP contribution in [0.3, 0.4) is 0 Å². The van der Waals surface area contributed by atoms with E-state index in [4.69, 9.17) is 0 Å². The minimum absolute atomic E-state index is 0.0733. The molecule has 3 aliphatic rings. The number of rotatable bonds is 5. The molecule has 27 heavy (non-hydrogen) atoms. The van der Waals surface area contributed by atoms with E-state index in [0.717, 1.165) is 37.0 Å². The highest BCUT2D eigenvalue weighted by atomic mass is 32.2. The zero-order chi connectivity index (χ0) is 19.0. The molecule has 0 bridgehead atoms. The fourth-order valence-corrected chi connectivity index (χ4v) is 5.87. The maximum Gasteiger partial charge on any atom is 0.243 e. The maximum atomic E-state index is 13.0. The lowest BCUT2D eigenvalue weighted by atomic mass is 10.2. The highest BCUT2D eigenvalue weighted by Crippen LogP contribution is 2.37. The van der Waals surface area contributed by atoms with Gasteiger partial charge in [0.15, 0.2) is 0 Å². The molecule has 1 aliphatic carbocycles. The molecule has 1 aromatic rings. The van der Waals surface area contributed by atoms with Gasteiger partial charge < -0.3 is 10.2 Å². The first-order chi connectivity index (χ1) is 12.9. The van der Waals surface area contributed by atoms with Gasteiger partial charge in [0.2, 0.25) is 21.8 Å². The third-order valence-electron chi connectivity index (χ3n) is 5.07. The number of carbonyl (C=O) groups excluding carboxylic acids is 2. The Balaban J connectivity index is 1.61. The van der Waals surface area contributed by atoms with Crippen LogP contribution in [0.2, 0.25) is 0 Å². The lowest BCUT2D eigenvalue weighted by molar-refractivity contribution is -0.123. The van der Waals surface area contributed by atoms with Gasteiger partial charge in [-0.3, -0.25) is 9.59 Å². The number of hydrogen-bond donors (Lipinski definition) is 1. The van der Waals surface area contributed by atoms with Gasteiger partial charge in [0.05, 0.1) is 16.3 Å². The summed E-state index contributed by atoms with van der Waals surface area (Å²) in [6, 6.07) is 5.12. The normalized spacial score (nSPS) is 21.0. The average Bonchev–Trinajstić information content (AvgIpc) is 3.48. The Kier molecular flexibility index (Phi) is 5.17. The first-order valence-electron chi connectivity index (χ1n) is 9.32. The number of benzene rings is 1. The van der Waals surface area contributed by atoms with E-state index in [2.05, 4.69) is 5.32 Å². The zero-order valence-electron chi connectivity index (χ0n) is 15.0. The first kappa shape index (κ1) is 18.8. The number of amides is 2. The second kappa shape index (κ2) is 7.44. The van der Waals surface area contributed by atoms with E-state index in [1.165, 1.54) is 21.0 Å². The van der Waals surface area contributed by atoms with Crippen molar-refractivity contribution in [3.05, 3.63) is 18.2 Å². The molecule has 0 unspecified atom stereocenters. The van der Waals surface area contributed by atoms with Crippen molar-refractivity contribution in [2.45, 2.75) is 47.9 Å². The topological polar surface area (TPSA) is 86.8 Å². The molecular formula is C18H23N3O4S2. The average molecular weight is 410 g/mol. The summed E-state index contributed by atoms with van der Waals surface area (Å²) in [4.78, 5) is 27.1. The Morgan fingerprint density at radius 1 is 1.19 bits per heavy atom. The summed E-state index contributed by atoms with van der Waals surface area (Å²) in [5.74, 6) is -0.124. The number of thioether (sulfide) groups is 1. The van der Waals surface area contributed by atoms with E-state index in [1.54, 1.807) is 18.2 Å². The highest BCUT2D eigenvalue weighted by Gasteiger charge is 2.32. The maximum absolute atomic E-state index is 13.0. The van der Waals surface area contributed by atoms with Crippen molar-refractivity contribution in [1.29, 1.82) is 0 Å². The van der Waals surface area contributed by atoms with Crippen molar-refractivity contribution in [1.82, 2.24) is 9.62 Å². The number of fused-ring (bicyclic) bond motifs is 1. The number of carbonyl (C=O) groups is 2. The third kappa shape index (κ3) is 4.00. The van der Waals surface area contributed by atoms with Crippen molar-refractivity contribution >= 4 is 39.3 Å². The van der Waals surface area contributed by atoms with E-state index >= 15 is 0 Å². The molecule has 1 saturated heterocycles. The fraction of sp³-hybridized carbons (Fsp3) is 0.556. The molecule has 7 nitrogen and oxygen atoms in total. The largest absolute Gasteiger partial charge is 0.352 e. The van der Waals surface area contributed by atoms with Crippen LogP contribution in [-0.4, -0.2) is 56.0 Å². The Hall–Kier alpha value is -1.58. The second-order valence-corrected chi connectivity index (χ2v) is 10.2. The molecule has 0 atom stereocenters. The van der Waals surface area contributed by atoms with Gasteiger partial charge in [0, 0.05) is 24.0 Å². The fourth-order valence-electron chi connectivity index (χ4n) is 3.41. The second-order valence-electron chi connectivity index (χ2n) is 7.20. The Morgan fingerprint density at radius 3 is 2.63 bits per heavy atom. The molecule has 146 valence electrons. The Morgan fingerprint density at radius 2 is 1.93 bits per heavy atom. The number of anilines is 1. The van der Waals surface area contributed by atoms with Crippen molar-refractivity contribution in [3.8, 4) is 0 Å². The van der Waals surface area contributed by atoms with Gasteiger partial charge in [-0.05, 0) is 43.9 Å². The zero-order valence-corrected chi connectivity index (χ0v) is 16.7. The van der Waals surface area contributed by atoms with Gasteiger partial charge in [-0.25, -0.2) is 8.42 Å². The van der Waals surface area contributed by atoms with Gasteiger partial charge in [-0.15, -0.1) is 11.8 Å². The Bertz CT molecular complexity index is 861. The van der Waals surface area contributed by atoms with Gasteiger partial charge in [-0.2, -0.15) is 4.31 Å². The number of piperidine rings is 1. The molecule has 1 N–H and O–H groups in total. The molecule has 0 spiro atoms. The smallest absolute Gasteiger partial charge is 0.243 e. The minimum Gasteiger partial charge on any atom is -0.352 e. The molecule has 0 radical (unpaired) electrons. The summed E-state index contributed by atoms with van der Waals surface area (Å²) in [5, 5.41) is 2.88. The van der Waals surface area contributed by atoms with E-state index in [-0.39, 0.29) is 35.0 Å². The van der Waals surface area contributed by atoms with Crippen LogP contribution in [0.1, 0.15) is 32.1 Å². The molecule has 1 saturated carbocycles. The summed E-state index contributed by atoms with van der Waals surface area (Å²) >= 11 is 1.38. The van der Waals surface area contributed by atoms with Crippen molar-refractivity contribution < 1.29 is 18.0 Å². The van der Waals surface area contributed by atoms with Gasteiger partial charge in [-0.1, -0.05) is 6.42 Å². The predicted molar refractivity (Wildman–Crippen MR) is 103 cm³/mol. The van der Waals surface area contributed by atoms with Gasteiger partial charge in [0.25, 0.3) is 0 Å². The standard InChI is InChI=1S/C18H23N3O4S2/c22-17(19-13-4-5-13)11-21-15-10-14(6-7-16(15)26-12-18(21)23)27(24,25)20-8-2-1-3-9-20/h6-7,10,13H,1-5,8-9,11-12H2,(H,19,22). The van der Waals surface area contributed by atoms with Crippen LogP contribution >= 0.6 is 11.8 Å². The van der Waals surface area contributed by atoms with E-state index < -0.39 is 10.0 Å². The lowest BCUT2D eigenvalue weighted by Crippen LogP contribution is -2.44. The first-order valence-corrected chi connectivity index (χ1v) is 11.7. The summed E-state index contributed by atoms with van der Waals surface area (Å²) in [7, 11) is -3.59. The van der Waals surface area contributed by atoms with Crippen LogP contribution < -0.4 is 10.2 Å². The monoisotopic (exact) mass is 409 g/mol. The predicted octanol–water partition coefficient (Wildman–Crippen LogP) is 1.58. The summed E-state index contributed by atoms with van der Waals surface area (Å²) < 4.78 is 27.5. The van der Waals surface area contributed by atoms with Crippen LogP contribution in [0.4, 0.5) is 5.69 Å². The van der Waals surface area contributed by atoms with Gasteiger partial charge >= 0.3 is 0 Å². The molecule has 1 aromatic carbocycles. The molecule has 2 amide bonds. The minimum atomic E-state index is -3.59. The van der Waals surface area contributed by atoms with Crippen LogP contribution in [0.25, 0.3) is 0 Å². The number of nitrogens with zero attached hydrogens (tertiary/aromatic N) is 2. The summed E-state index contributed by atoms with van der Waals surface area (Å²) in [6.07, 6.45) is 4.73. The highest BCUT2D eigenvalue weighted by molar-refractivity contribution is 8.00. The van der Waals surface area contributed by atoms with Crippen LogP contribution in [0.5, 0.6) is 0 Å². The quantitative estimate of drug-likeness (QED) is 0.798. The number of hydrogen-bond acceptors (Lipinski definition) is 5. The van der Waals surface area contributed by atoms with Crippen molar-refractivity contribution in [2.75, 3.05) is 30.3 Å². The molecule has 9 heteroatoms. The third-order valence-corrected chi connectivity index (χ3v) is 8.01. The van der Waals surface area contributed by atoms with E-state index in [0.29, 0.717) is 18.8 Å². The molecular weight excluding hydrogens is 386 g/mol. The van der Waals surface area contributed by atoms with Crippen LogP contribution in [0.15, 0.2) is 28.0 Å². The molecule has 4 rings (SSSR count). The SMILES string of the molecule is O=C(CN1C(=O)CSc2ccc(S(=O)(=O)N3CCCCC3)cc21)NC1CC1. The molecule has 2 heterocycles. The lowest BCUT2D eigenvalue weighted by Gasteiger charge is -2.30. The van der Waals surface area contributed by atoms with Gasteiger partial charge in [0.1, 0.15) is 6.54 Å². The van der Waals surface area contributed by atoms with E-state index in [9.17, 15) is 18.0 Å². The number of nitrogens with one attached hydrogen (secondary N) is 1. The van der Waals surface area contributed by atoms with Crippen LogP contribution in [-0.2, 0) is 19.6 Å². The van der Waals surface area contributed by atoms with Crippen LogP contribution in [0, 0.1) is 0 Å². The molecule has 2 aliphatic heterocycles. The van der Waals surface area contributed by atoms with Crippen molar-refractivity contribution in [2.24, 2.45) is 0 Å². The van der Waals surface area contributed by atoms with Crippen molar-refractivity contribution in [3.63, 3.8) is 0 Å². The summed E-state index contributed by atoms with van der Waals surface area (Å²) in [6.45, 7) is 0.983. The summed E-state index contributed by atoms with van der Waals surface area (Å²) in [5.41, 5.74) is 0.514. The molecule has 2 fully saturated rings. The van der Waals surface area contributed by atoms with E-state index in [1.807, 2.05) is 0 Å². The Labute approximate surface area is 163 Å². The molecule has 0 aromatic heterocycles.